The molecule has 0 unspecified atom stereocenters. The zero-order chi connectivity index (χ0) is 11.5. The van der Waals surface area contributed by atoms with E-state index in [0.717, 1.165) is 35.1 Å². The molecule has 0 aromatic heterocycles. The van der Waals surface area contributed by atoms with Crippen LogP contribution in [0.1, 0.15) is 18.5 Å². The summed E-state index contributed by atoms with van der Waals surface area (Å²) in [5, 5.41) is 3.38. The first-order valence-corrected chi connectivity index (χ1v) is 7.17. The minimum absolute atomic E-state index is 0. The summed E-state index contributed by atoms with van der Waals surface area (Å²) >= 11 is 7.06. The molecule has 1 fully saturated rings. The van der Waals surface area contributed by atoms with Crippen molar-refractivity contribution in [3.63, 3.8) is 0 Å². The van der Waals surface area contributed by atoms with Crippen LogP contribution in [-0.2, 0) is 0 Å². The van der Waals surface area contributed by atoms with Crippen LogP contribution in [0.15, 0.2) is 27.1 Å². The van der Waals surface area contributed by atoms with Gasteiger partial charge >= 0.3 is 0 Å². The summed E-state index contributed by atoms with van der Waals surface area (Å²) in [5.74, 6) is 0. The molecule has 0 spiro atoms. The second-order valence-electron chi connectivity index (χ2n) is 4.14. The summed E-state index contributed by atoms with van der Waals surface area (Å²) in [6.45, 7) is 6.74. The largest absolute Gasteiger partial charge is 0.314 e. The van der Waals surface area contributed by atoms with Gasteiger partial charge in [0.05, 0.1) is 0 Å². The van der Waals surface area contributed by atoms with Gasteiger partial charge in [-0.3, -0.25) is 4.90 Å². The summed E-state index contributed by atoms with van der Waals surface area (Å²) in [7, 11) is 0. The SMILES string of the molecule is C[C@H](c1ccc(Br)c(Br)c1)N1CCNCC1.Cl.Cl. The fourth-order valence-corrected chi connectivity index (χ4v) is 2.70. The number of hydrogen-bond acceptors (Lipinski definition) is 2. The standard InChI is InChI=1S/C12H16Br2N2.2ClH/c1-9(16-6-4-15-5-7-16)10-2-3-11(13)12(14)8-10;;/h2-3,8-9,15H,4-7H2,1H3;2*1H/t9-;;/m1../s1. The lowest BCUT2D eigenvalue weighted by Crippen LogP contribution is -2.44. The smallest absolute Gasteiger partial charge is 0.0321 e. The van der Waals surface area contributed by atoms with Gasteiger partial charge in [0, 0.05) is 41.2 Å². The van der Waals surface area contributed by atoms with E-state index in [1.54, 1.807) is 0 Å². The van der Waals surface area contributed by atoms with Crippen LogP contribution < -0.4 is 5.32 Å². The molecule has 2 nitrogen and oxygen atoms in total. The summed E-state index contributed by atoms with van der Waals surface area (Å²) in [6, 6.07) is 7.00. The third-order valence-electron chi connectivity index (χ3n) is 3.13. The van der Waals surface area contributed by atoms with Crippen LogP contribution >= 0.6 is 56.7 Å². The molecule has 1 saturated heterocycles. The van der Waals surface area contributed by atoms with E-state index in [-0.39, 0.29) is 24.8 Å². The van der Waals surface area contributed by atoms with Gasteiger partial charge in [-0.05, 0) is 56.5 Å². The Morgan fingerprint density at radius 3 is 2.28 bits per heavy atom. The predicted molar refractivity (Wildman–Crippen MR) is 89.2 cm³/mol. The first kappa shape index (κ1) is 18.7. The van der Waals surface area contributed by atoms with E-state index in [1.807, 2.05) is 0 Å². The number of hydrogen-bond donors (Lipinski definition) is 1. The third-order valence-corrected chi connectivity index (χ3v) is 5.01. The summed E-state index contributed by atoms with van der Waals surface area (Å²) < 4.78 is 2.25. The first-order chi connectivity index (χ1) is 7.68. The van der Waals surface area contributed by atoms with Crippen LogP contribution in [0.2, 0.25) is 0 Å². The number of benzene rings is 1. The van der Waals surface area contributed by atoms with Crippen molar-refractivity contribution in [1.29, 1.82) is 0 Å². The lowest BCUT2D eigenvalue weighted by atomic mass is 10.1. The lowest BCUT2D eigenvalue weighted by Gasteiger charge is -2.33. The highest BCUT2D eigenvalue weighted by molar-refractivity contribution is 9.13. The Kier molecular flexibility index (Phi) is 9.10. The fraction of sp³-hybridized carbons (Fsp3) is 0.500. The monoisotopic (exact) mass is 418 g/mol. The molecule has 1 N–H and O–H groups in total. The van der Waals surface area contributed by atoms with Crippen LogP contribution in [0, 0.1) is 0 Å². The van der Waals surface area contributed by atoms with Crippen LogP contribution in [-0.4, -0.2) is 31.1 Å². The Hall–Kier alpha value is 0.680. The number of nitrogens with one attached hydrogen (secondary N) is 1. The molecule has 1 heterocycles. The summed E-state index contributed by atoms with van der Waals surface area (Å²) in [5.41, 5.74) is 1.37. The van der Waals surface area contributed by atoms with E-state index >= 15 is 0 Å². The molecule has 1 aliphatic heterocycles. The Morgan fingerprint density at radius 2 is 1.72 bits per heavy atom. The van der Waals surface area contributed by atoms with E-state index in [1.165, 1.54) is 5.56 Å². The van der Waals surface area contributed by atoms with E-state index in [9.17, 15) is 0 Å². The molecule has 1 aliphatic rings. The van der Waals surface area contributed by atoms with Crippen molar-refractivity contribution in [2.24, 2.45) is 0 Å². The molecule has 1 aromatic carbocycles. The normalized spacial score (nSPS) is 17.5. The van der Waals surface area contributed by atoms with E-state index < -0.39 is 0 Å². The average Bonchev–Trinajstić information content (AvgIpc) is 2.33. The number of piperazine rings is 1. The first-order valence-electron chi connectivity index (χ1n) is 5.58. The molecule has 0 radical (unpaired) electrons. The van der Waals surface area contributed by atoms with Gasteiger partial charge in [-0.25, -0.2) is 0 Å². The van der Waals surface area contributed by atoms with Crippen molar-refractivity contribution in [1.82, 2.24) is 10.2 Å². The zero-order valence-electron chi connectivity index (χ0n) is 10.2. The van der Waals surface area contributed by atoms with Gasteiger partial charge < -0.3 is 5.32 Å². The topological polar surface area (TPSA) is 15.3 Å². The molecule has 2 rings (SSSR count). The number of nitrogens with zero attached hydrogens (tertiary/aromatic N) is 1. The fourth-order valence-electron chi connectivity index (χ4n) is 2.05. The van der Waals surface area contributed by atoms with Crippen molar-refractivity contribution in [3.05, 3.63) is 32.7 Å². The molecule has 18 heavy (non-hydrogen) atoms. The third kappa shape index (κ3) is 4.66. The van der Waals surface area contributed by atoms with Crippen LogP contribution in [0.3, 0.4) is 0 Å². The van der Waals surface area contributed by atoms with Crippen molar-refractivity contribution >= 4 is 56.7 Å². The highest BCUT2D eigenvalue weighted by Crippen LogP contribution is 2.28. The Morgan fingerprint density at radius 1 is 1.11 bits per heavy atom. The minimum atomic E-state index is 0. The average molecular weight is 421 g/mol. The van der Waals surface area contributed by atoms with Gasteiger partial charge in [0.1, 0.15) is 0 Å². The highest BCUT2D eigenvalue weighted by Gasteiger charge is 2.18. The van der Waals surface area contributed by atoms with Gasteiger partial charge in [-0.15, -0.1) is 24.8 Å². The van der Waals surface area contributed by atoms with Gasteiger partial charge in [-0.2, -0.15) is 0 Å². The zero-order valence-corrected chi connectivity index (χ0v) is 15.0. The molecule has 0 saturated carbocycles. The van der Waals surface area contributed by atoms with Crippen molar-refractivity contribution < 1.29 is 0 Å². The lowest BCUT2D eigenvalue weighted by molar-refractivity contribution is 0.185. The maximum atomic E-state index is 3.56. The quantitative estimate of drug-likeness (QED) is 0.777. The maximum absolute atomic E-state index is 3.56. The summed E-state index contributed by atoms with van der Waals surface area (Å²) in [4.78, 5) is 2.52. The Bertz CT molecular complexity index is 371. The van der Waals surface area contributed by atoms with Gasteiger partial charge in [-0.1, -0.05) is 6.07 Å². The number of halogens is 4. The number of rotatable bonds is 2. The molecular formula is C12H18Br2Cl2N2. The molecule has 1 aromatic rings. The van der Waals surface area contributed by atoms with Crippen LogP contribution in [0.5, 0.6) is 0 Å². The van der Waals surface area contributed by atoms with Crippen LogP contribution in [0.25, 0.3) is 0 Å². The Balaban J connectivity index is 0.00000144. The van der Waals surface area contributed by atoms with Gasteiger partial charge in [0.15, 0.2) is 0 Å². The van der Waals surface area contributed by atoms with E-state index in [4.69, 9.17) is 0 Å². The van der Waals surface area contributed by atoms with E-state index in [0.29, 0.717) is 6.04 Å². The second kappa shape index (κ2) is 8.77. The molecule has 0 amide bonds. The molecule has 0 aliphatic carbocycles. The van der Waals surface area contributed by atoms with Crippen LogP contribution in [0.4, 0.5) is 0 Å². The molecule has 1 atom stereocenters. The molecular weight excluding hydrogens is 403 g/mol. The maximum Gasteiger partial charge on any atom is 0.0321 e. The molecule has 0 bridgehead atoms. The van der Waals surface area contributed by atoms with Gasteiger partial charge in [0.25, 0.3) is 0 Å². The van der Waals surface area contributed by atoms with E-state index in [2.05, 4.69) is 67.2 Å². The molecule has 104 valence electrons. The molecule has 6 heteroatoms. The Labute approximate surface area is 138 Å². The minimum Gasteiger partial charge on any atom is -0.314 e. The summed E-state index contributed by atoms with van der Waals surface area (Å²) in [6.07, 6.45) is 0. The van der Waals surface area contributed by atoms with Crippen molar-refractivity contribution in [2.45, 2.75) is 13.0 Å². The predicted octanol–water partition coefficient (Wildman–Crippen LogP) is 4.02. The van der Waals surface area contributed by atoms with Crippen molar-refractivity contribution in [2.75, 3.05) is 26.2 Å². The highest BCUT2D eigenvalue weighted by atomic mass is 79.9. The second-order valence-corrected chi connectivity index (χ2v) is 5.84. The van der Waals surface area contributed by atoms with Gasteiger partial charge in [0.2, 0.25) is 0 Å². The van der Waals surface area contributed by atoms with Crippen molar-refractivity contribution in [3.8, 4) is 0 Å².